The summed E-state index contributed by atoms with van der Waals surface area (Å²) in [5, 5.41) is 11.9. The Kier molecular flexibility index (Phi) is 3.74. The molecule has 2 heterocycles. The van der Waals surface area contributed by atoms with Crippen molar-refractivity contribution in [3.05, 3.63) is 46.2 Å². The highest BCUT2D eigenvalue weighted by atomic mass is 16.3. The third kappa shape index (κ3) is 2.81. The molecule has 2 aromatic rings. The summed E-state index contributed by atoms with van der Waals surface area (Å²) in [7, 11) is 0. The molecule has 1 saturated carbocycles. The lowest BCUT2D eigenvalue weighted by Gasteiger charge is -2.47. The molecule has 2 aliphatic rings. The number of aromatic nitrogens is 1. The highest BCUT2D eigenvalue weighted by molar-refractivity contribution is 5.78. The van der Waals surface area contributed by atoms with Crippen molar-refractivity contribution in [2.75, 3.05) is 13.1 Å². The van der Waals surface area contributed by atoms with Crippen molar-refractivity contribution >= 4 is 10.9 Å². The van der Waals surface area contributed by atoms with E-state index in [2.05, 4.69) is 9.88 Å². The first-order valence-electron chi connectivity index (χ1n) is 8.70. The van der Waals surface area contributed by atoms with Gasteiger partial charge in [-0.1, -0.05) is 31.0 Å². The molecule has 1 saturated heterocycles. The monoisotopic (exact) mass is 312 g/mol. The number of piperidine rings is 1. The summed E-state index contributed by atoms with van der Waals surface area (Å²) in [6.07, 6.45) is 5.26. The van der Waals surface area contributed by atoms with Crippen LogP contribution in [-0.2, 0) is 6.54 Å². The number of nitrogens with zero attached hydrogens (tertiary/aromatic N) is 1. The summed E-state index contributed by atoms with van der Waals surface area (Å²) in [5.41, 5.74) is 1.27. The number of H-pyrrole nitrogens is 1. The molecule has 1 aromatic heterocycles. The van der Waals surface area contributed by atoms with E-state index in [0.29, 0.717) is 12.5 Å². The number of rotatable bonds is 2. The molecule has 1 aromatic carbocycles. The molecule has 2 N–H and O–H groups in total. The highest BCUT2D eigenvalue weighted by Crippen LogP contribution is 2.39. The molecule has 0 spiro atoms. The van der Waals surface area contributed by atoms with Crippen molar-refractivity contribution in [2.24, 2.45) is 5.92 Å². The predicted molar refractivity (Wildman–Crippen MR) is 91.4 cm³/mol. The van der Waals surface area contributed by atoms with Crippen molar-refractivity contribution in [2.45, 2.75) is 44.2 Å². The molecule has 2 fully saturated rings. The molecule has 122 valence electrons. The molecule has 0 bridgehead atoms. The quantitative estimate of drug-likeness (QED) is 0.896. The van der Waals surface area contributed by atoms with Gasteiger partial charge in [0.25, 0.3) is 5.56 Å². The number of fused-ring (bicyclic) bond motifs is 2. The Morgan fingerprint density at radius 2 is 2.13 bits per heavy atom. The fourth-order valence-corrected chi connectivity index (χ4v) is 4.33. The summed E-state index contributed by atoms with van der Waals surface area (Å²) in [6, 6.07) is 9.91. The number of aliphatic hydroxyl groups is 1. The van der Waals surface area contributed by atoms with Crippen LogP contribution in [-0.4, -0.2) is 33.7 Å². The fraction of sp³-hybridized carbons (Fsp3) is 0.526. The molecular formula is C19H24N2O2. The first kappa shape index (κ1) is 14.9. The Labute approximate surface area is 136 Å². The predicted octanol–water partition coefficient (Wildman–Crippen LogP) is 2.66. The van der Waals surface area contributed by atoms with Crippen LogP contribution in [0.4, 0.5) is 0 Å². The van der Waals surface area contributed by atoms with Crippen LogP contribution < -0.4 is 5.56 Å². The van der Waals surface area contributed by atoms with Crippen LogP contribution in [0.1, 0.15) is 37.7 Å². The van der Waals surface area contributed by atoms with Crippen LogP contribution in [0.25, 0.3) is 10.9 Å². The standard InChI is InChI=1S/C19H24N2O2/c22-18-15(11-14-5-1-2-7-17(14)20-18)12-21-10-9-19(23)8-4-3-6-16(19)13-21/h1-2,5,7,11,16,23H,3-4,6,8-10,12-13H2,(H,20,22). The smallest absolute Gasteiger partial charge is 0.252 e. The number of likely N-dealkylation sites (tertiary alicyclic amines) is 1. The van der Waals surface area contributed by atoms with Gasteiger partial charge in [0.2, 0.25) is 0 Å². The van der Waals surface area contributed by atoms with Crippen molar-refractivity contribution in [3.8, 4) is 0 Å². The molecule has 4 nitrogen and oxygen atoms in total. The number of aromatic amines is 1. The Hall–Kier alpha value is -1.65. The average Bonchev–Trinajstić information content (AvgIpc) is 2.55. The summed E-state index contributed by atoms with van der Waals surface area (Å²) >= 11 is 0. The van der Waals surface area contributed by atoms with Gasteiger partial charge in [-0.2, -0.15) is 0 Å². The first-order valence-corrected chi connectivity index (χ1v) is 8.70. The third-order valence-corrected chi connectivity index (χ3v) is 5.74. The van der Waals surface area contributed by atoms with Gasteiger partial charge in [0.05, 0.1) is 5.60 Å². The van der Waals surface area contributed by atoms with Gasteiger partial charge in [-0.15, -0.1) is 0 Å². The Morgan fingerprint density at radius 3 is 3.04 bits per heavy atom. The minimum Gasteiger partial charge on any atom is -0.390 e. The topological polar surface area (TPSA) is 56.3 Å². The van der Waals surface area contributed by atoms with Crippen molar-refractivity contribution in [3.63, 3.8) is 0 Å². The van der Waals surface area contributed by atoms with E-state index in [-0.39, 0.29) is 5.56 Å². The molecule has 2 atom stereocenters. The molecular weight excluding hydrogens is 288 g/mol. The van der Waals surface area contributed by atoms with Crippen LogP contribution in [0.15, 0.2) is 35.1 Å². The summed E-state index contributed by atoms with van der Waals surface area (Å²) in [6.45, 7) is 2.45. The number of benzene rings is 1. The van der Waals surface area contributed by atoms with Gasteiger partial charge in [-0.05, 0) is 36.8 Å². The minimum absolute atomic E-state index is 0.00757. The average molecular weight is 312 g/mol. The van der Waals surface area contributed by atoms with E-state index in [1.807, 2.05) is 30.3 Å². The largest absolute Gasteiger partial charge is 0.390 e. The molecule has 2 unspecified atom stereocenters. The normalized spacial score (nSPS) is 28.7. The van der Waals surface area contributed by atoms with Gasteiger partial charge in [0, 0.05) is 36.6 Å². The van der Waals surface area contributed by atoms with Gasteiger partial charge in [-0.3, -0.25) is 9.69 Å². The zero-order valence-corrected chi connectivity index (χ0v) is 13.4. The fourth-order valence-electron chi connectivity index (χ4n) is 4.33. The SMILES string of the molecule is O=c1[nH]c2ccccc2cc1CN1CCC2(O)CCCCC2C1. The van der Waals surface area contributed by atoms with E-state index >= 15 is 0 Å². The molecule has 1 aliphatic heterocycles. The second kappa shape index (κ2) is 5.77. The van der Waals surface area contributed by atoms with Crippen molar-refractivity contribution < 1.29 is 5.11 Å². The summed E-state index contributed by atoms with van der Waals surface area (Å²) in [4.78, 5) is 17.6. The number of nitrogens with one attached hydrogen (secondary N) is 1. The van der Waals surface area contributed by atoms with Crippen molar-refractivity contribution in [1.82, 2.24) is 9.88 Å². The van der Waals surface area contributed by atoms with Gasteiger partial charge in [0.15, 0.2) is 0 Å². The number of hydrogen-bond acceptors (Lipinski definition) is 3. The second-order valence-corrected chi connectivity index (χ2v) is 7.24. The van der Waals surface area contributed by atoms with E-state index in [0.717, 1.165) is 55.2 Å². The Bertz CT molecular complexity index is 769. The molecule has 4 rings (SSSR count). The van der Waals surface area contributed by atoms with Gasteiger partial charge < -0.3 is 10.1 Å². The van der Waals surface area contributed by atoms with Crippen molar-refractivity contribution in [1.29, 1.82) is 0 Å². The molecule has 4 heteroatoms. The summed E-state index contributed by atoms with van der Waals surface area (Å²) < 4.78 is 0. The van der Waals surface area contributed by atoms with E-state index in [1.54, 1.807) is 0 Å². The van der Waals surface area contributed by atoms with Gasteiger partial charge >= 0.3 is 0 Å². The zero-order chi connectivity index (χ0) is 15.9. The second-order valence-electron chi connectivity index (χ2n) is 7.24. The maximum absolute atomic E-state index is 12.3. The van der Waals surface area contributed by atoms with E-state index in [1.165, 1.54) is 6.42 Å². The molecule has 0 amide bonds. The minimum atomic E-state index is -0.454. The molecule has 0 radical (unpaired) electrons. The lowest BCUT2D eigenvalue weighted by Crippen LogP contribution is -2.53. The number of pyridine rings is 1. The summed E-state index contributed by atoms with van der Waals surface area (Å²) in [5.74, 6) is 0.365. The van der Waals surface area contributed by atoms with Crippen LogP contribution in [0.5, 0.6) is 0 Å². The first-order chi connectivity index (χ1) is 11.1. The lowest BCUT2D eigenvalue weighted by atomic mass is 9.71. The van der Waals surface area contributed by atoms with E-state index < -0.39 is 5.60 Å². The van der Waals surface area contributed by atoms with Crippen LogP contribution in [0, 0.1) is 5.92 Å². The third-order valence-electron chi connectivity index (χ3n) is 5.74. The van der Waals surface area contributed by atoms with Gasteiger partial charge in [-0.25, -0.2) is 0 Å². The van der Waals surface area contributed by atoms with E-state index in [9.17, 15) is 9.90 Å². The maximum Gasteiger partial charge on any atom is 0.252 e. The molecule has 23 heavy (non-hydrogen) atoms. The Morgan fingerprint density at radius 1 is 1.26 bits per heavy atom. The van der Waals surface area contributed by atoms with Crippen LogP contribution in [0.3, 0.4) is 0 Å². The van der Waals surface area contributed by atoms with Crippen LogP contribution >= 0.6 is 0 Å². The van der Waals surface area contributed by atoms with Crippen LogP contribution in [0.2, 0.25) is 0 Å². The zero-order valence-electron chi connectivity index (χ0n) is 13.4. The highest BCUT2D eigenvalue weighted by Gasteiger charge is 2.42. The van der Waals surface area contributed by atoms with Gasteiger partial charge in [0.1, 0.15) is 0 Å². The molecule has 1 aliphatic carbocycles. The number of hydrogen-bond donors (Lipinski definition) is 2. The van der Waals surface area contributed by atoms with E-state index in [4.69, 9.17) is 0 Å². The number of para-hydroxylation sites is 1. The lowest BCUT2D eigenvalue weighted by molar-refractivity contribution is -0.0968. The Balaban J connectivity index is 1.54. The maximum atomic E-state index is 12.3.